The van der Waals surface area contributed by atoms with Gasteiger partial charge in [0, 0.05) is 24.9 Å². The van der Waals surface area contributed by atoms with E-state index in [1.807, 2.05) is 31.2 Å². The minimum Gasteiger partial charge on any atom is -0.491 e. The molecule has 0 radical (unpaired) electrons. The first kappa shape index (κ1) is 19.9. The van der Waals surface area contributed by atoms with Crippen molar-refractivity contribution in [1.82, 2.24) is 4.90 Å². The van der Waals surface area contributed by atoms with Crippen molar-refractivity contribution in [2.45, 2.75) is 25.9 Å². The minimum absolute atomic E-state index is 0.0238. The maximum Gasteiger partial charge on any atom is 0.254 e. The number of hydrogen-bond donors (Lipinski definition) is 1. The van der Waals surface area contributed by atoms with E-state index in [2.05, 4.69) is 5.32 Å². The first-order valence-electron chi connectivity index (χ1n) is 9.48. The second-order valence-corrected chi connectivity index (χ2v) is 7.05. The SMILES string of the molecule is Cc1ccc(NC(=O)CN(C)C(=O)c2ccc(OC[C@@H]3CCCO3)cc2)cc1. The lowest BCUT2D eigenvalue weighted by molar-refractivity contribution is -0.116. The van der Waals surface area contributed by atoms with E-state index in [1.54, 1.807) is 31.3 Å². The van der Waals surface area contributed by atoms with E-state index in [0.29, 0.717) is 23.6 Å². The molecule has 0 aliphatic carbocycles. The number of amides is 2. The number of likely N-dealkylation sites (N-methyl/N-ethyl adjacent to an activating group) is 1. The van der Waals surface area contributed by atoms with Gasteiger partial charge >= 0.3 is 0 Å². The fraction of sp³-hybridized carbons (Fsp3) is 0.364. The number of carbonyl (C=O) groups is 2. The van der Waals surface area contributed by atoms with Crippen LogP contribution in [-0.4, -0.2) is 49.6 Å². The molecule has 1 heterocycles. The van der Waals surface area contributed by atoms with Gasteiger partial charge in [-0.2, -0.15) is 0 Å². The molecule has 1 fully saturated rings. The van der Waals surface area contributed by atoms with E-state index in [1.165, 1.54) is 4.90 Å². The Morgan fingerprint density at radius 3 is 2.50 bits per heavy atom. The van der Waals surface area contributed by atoms with Crippen molar-refractivity contribution in [3.8, 4) is 5.75 Å². The Kier molecular flexibility index (Phi) is 6.66. The van der Waals surface area contributed by atoms with Crippen LogP contribution >= 0.6 is 0 Å². The van der Waals surface area contributed by atoms with E-state index in [4.69, 9.17) is 9.47 Å². The molecule has 1 aliphatic rings. The summed E-state index contributed by atoms with van der Waals surface area (Å²) in [5.74, 6) is 0.243. The van der Waals surface area contributed by atoms with Gasteiger partial charge in [-0.05, 0) is 56.2 Å². The summed E-state index contributed by atoms with van der Waals surface area (Å²) in [6, 6.07) is 14.5. The molecular formula is C22H26N2O4. The lowest BCUT2D eigenvalue weighted by atomic mass is 10.2. The number of nitrogens with zero attached hydrogens (tertiary/aromatic N) is 1. The van der Waals surface area contributed by atoms with E-state index in [9.17, 15) is 9.59 Å². The third-order valence-electron chi connectivity index (χ3n) is 4.62. The Bertz CT molecular complexity index is 796. The van der Waals surface area contributed by atoms with Crippen molar-refractivity contribution in [2.24, 2.45) is 0 Å². The van der Waals surface area contributed by atoms with Crippen LogP contribution < -0.4 is 10.1 Å². The highest BCUT2D eigenvalue weighted by atomic mass is 16.5. The Morgan fingerprint density at radius 2 is 1.86 bits per heavy atom. The molecule has 28 heavy (non-hydrogen) atoms. The average Bonchev–Trinajstić information content (AvgIpc) is 3.21. The molecule has 6 heteroatoms. The normalized spacial score (nSPS) is 15.9. The minimum atomic E-state index is -0.240. The predicted octanol–water partition coefficient (Wildman–Crippen LogP) is 3.26. The molecule has 0 unspecified atom stereocenters. The van der Waals surface area contributed by atoms with Gasteiger partial charge in [0.05, 0.1) is 12.6 Å². The molecule has 3 rings (SSSR count). The summed E-state index contributed by atoms with van der Waals surface area (Å²) >= 11 is 0. The van der Waals surface area contributed by atoms with Gasteiger partial charge in [0.2, 0.25) is 5.91 Å². The van der Waals surface area contributed by atoms with Gasteiger partial charge in [0.25, 0.3) is 5.91 Å². The summed E-state index contributed by atoms with van der Waals surface area (Å²) in [7, 11) is 1.61. The summed E-state index contributed by atoms with van der Waals surface area (Å²) in [6.07, 6.45) is 2.25. The van der Waals surface area contributed by atoms with Crippen LogP contribution in [0.3, 0.4) is 0 Å². The van der Waals surface area contributed by atoms with Crippen LogP contribution in [-0.2, 0) is 9.53 Å². The highest BCUT2D eigenvalue weighted by Crippen LogP contribution is 2.17. The predicted molar refractivity (Wildman–Crippen MR) is 108 cm³/mol. The van der Waals surface area contributed by atoms with Gasteiger partial charge < -0.3 is 19.7 Å². The van der Waals surface area contributed by atoms with Gasteiger partial charge in [0.1, 0.15) is 12.4 Å². The first-order chi connectivity index (χ1) is 13.5. The zero-order chi connectivity index (χ0) is 19.9. The average molecular weight is 382 g/mol. The Balaban J connectivity index is 1.49. The van der Waals surface area contributed by atoms with Gasteiger partial charge in [-0.15, -0.1) is 0 Å². The highest BCUT2D eigenvalue weighted by molar-refractivity contribution is 5.99. The van der Waals surface area contributed by atoms with E-state index in [0.717, 1.165) is 25.0 Å². The van der Waals surface area contributed by atoms with Crippen molar-refractivity contribution < 1.29 is 19.1 Å². The summed E-state index contributed by atoms with van der Waals surface area (Å²) in [4.78, 5) is 26.1. The molecule has 0 saturated carbocycles. The second kappa shape index (κ2) is 9.37. The van der Waals surface area contributed by atoms with Crippen LogP contribution in [0, 0.1) is 6.92 Å². The molecule has 148 valence electrons. The van der Waals surface area contributed by atoms with E-state index >= 15 is 0 Å². The molecule has 1 saturated heterocycles. The van der Waals surface area contributed by atoms with Gasteiger partial charge in [-0.1, -0.05) is 17.7 Å². The summed E-state index contributed by atoms with van der Waals surface area (Å²) in [6.45, 7) is 3.28. The molecule has 0 spiro atoms. The second-order valence-electron chi connectivity index (χ2n) is 7.05. The summed E-state index contributed by atoms with van der Waals surface area (Å²) < 4.78 is 11.2. The lowest BCUT2D eigenvalue weighted by Crippen LogP contribution is -2.34. The van der Waals surface area contributed by atoms with Crippen molar-refractivity contribution in [3.05, 3.63) is 59.7 Å². The number of nitrogens with one attached hydrogen (secondary N) is 1. The van der Waals surface area contributed by atoms with Crippen molar-refractivity contribution in [2.75, 3.05) is 32.1 Å². The molecule has 1 N–H and O–H groups in total. The van der Waals surface area contributed by atoms with Crippen LogP contribution in [0.5, 0.6) is 5.75 Å². The first-order valence-corrected chi connectivity index (χ1v) is 9.48. The molecule has 2 aromatic rings. The number of benzene rings is 2. The zero-order valence-electron chi connectivity index (χ0n) is 16.3. The standard InChI is InChI=1S/C22H26N2O4/c1-16-5-9-18(10-6-16)23-21(25)14-24(2)22(26)17-7-11-19(12-8-17)28-15-20-4-3-13-27-20/h5-12,20H,3-4,13-15H2,1-2H3,(H,23,25)/t20-/m0/s1. The van der Waals surface area contributed by atoms with Crippen LogP contribution in [0.2, 0.25) is 0 Å². The third-order valence-corrected chi connectivity index (χ3v) is 4.62. The van der Waals surface area contributed by atoms with E-state index in [-0.39, 0.29) is 24.5 Å². The summed E-state index contributed by atoms with van der Waals surface area (Å²) in [5.41, 5.74) is 2.34. The maximum absolute atomic E-state index is 12.5. The summed E-state index contributed by atoms with van der Waals surface area (Å²) in [5, 5.41) is 2.79. The van der Waals surface area contributed by atoms with E-state index < -0.39 is 0 Å². The molecule has 6 nitrogen and oxygen atoms in total. The van der Waals surface area contributed by atoms with Gasteiger partial charge in [-0.25, -0.2) is 0 Å². The number of hydrogen-bond acceptors (Lipinski definition) is 4. The smallest absolute Gasteiger partial charge is 0.254 e. The monoisotopic (exact) mass is 382 g/mol. The van der Waals surface area contributed by atoms with Crippen molar-refractivity contribution in [3.63, 3.8) is 0 Å². The fourth-order valence-electron chi connectivity index (χ4n) is 3.00. The van der Waals surface area contributed by atoms with Crippen molar-refractivity contribution >= 4 is 17.5 Å². The van der Waals surface area contributed by atoms with Crippen LogP contribution in [0.4, 0.5) is 5.69 Å². The van der Waals surface area contributed by atoms with Crippen LogP contribution in [0.1, 0.15) is 28.8 Å². The molecule has 1 aliphatic heterocycles. The number of rotatable bonds is 7. The fourth-order valence-corrected chi connectivity index (χ4v) is 3.00. The molecular weight excluding hydrogens is 356 g/mol. The largest absolute Gasteiger partial charge is 0.491 e. The Morgan fingerprint density at radius 1 is 1.14 bits per heavy atom. The quantitative estimate of drug-likeness (QED) is 0.798. The topological polar surface area (TPSA) is 67.9 Å². The van der Waals surface area contributed by atoms with Gasteiger partial charge in [0.15, 0.2) is 0 Å². The maximum atomic E-state index is 12.5. The highest BCUT2D eigenvalue weighted by Gasteiger charge is 2.17. The third kappa shape index (κ3) is 5.57. The molecule has 0 aromatic heterocycles. The van der Waals surface area contributed by atoms with Crippen LogP contribution in [0.15, 0.2) is 48.5 Å². The Hall–Kier alpha value is -2.86. The zero-order valence-corrected chi connectivity index (χ0v) is 16.3. The number of aryl methyl sites for hydroxylation is 1. The number of carbonyl (C=O) groups excluding carboxylic acids is 2. The molecule has 0 bridgehead atoms. The van der Waals surface area contributed by atoms with Crippen molar-refractivity contribution in [1.29, 1.82) is 0 Å². The number of anilines is 1. The molecule has 1 atom stereocenters. The van der Waals surface area contributed by atoms with Crippen LogP contribution in [0.25, 0.3) is 0 Å². The lowest BCUT2D eigenvalue weighted by Gasteiger charge is -2.17. The molecule has 2 amide bonds. The Labute approximate surface area is 165 Å². The number of ether oxygens (including phenoxy) is 2. The van der Waals surface area contributed by atoms with Gasteiger partial charge in [-0.3, -0.25) is 9.59 Å². The molecule has 2 aromatic carbocycles.